The van der Waals surface area contributed by atoms with Gasteiger partial charge < -0.3 is 11.1 Å². The van der Waals surface area contributed by atoms with Crippen molar-refractivity contribution in [2.75, 3.05) is 11.9 Å². The molecule has 1 aliphatic carbocycles. The molecule has 86 valence electrons. The summed E-state index contributed by atoms with van der Waals surface area (Å²) in [6.45, 7) is 3.15. The fraction of sp³-hybridized carbons (Fsp3) is 0.545. The molecule has 0 bridgehead atoms. The van der Waals surface area contributed by atoms with Crippen molar-refractivity contribution in [1.29, 1.82) is 0 Å². The topological polar surface area (TPSA) is 63.8 Å². The third kappa shape index (κ3) is 2.66. The largest absolute Gasteiger partial charge is 0.388 e. The number of nitrogens with two attached hydrogens (primary N) is 1. The van der Waals surface area contributed by atoms with Gasteiger partial charge in [-0.2, -0.15) is 0 Å². The highest BCUT2D eigenvalue weighted by Gasteiger charge is 2.27. The second-order valence-electron chi connectivity index (χ2n) is 4.31. The molecule has 0 aliphatic heterocycles. The van der Waals surface area contributed by atoms with Gasteiger partial charge in [0.25, 0.3) is 0 Å². The molecule has 0 spiro atoms. The molecular weight excluding hydrogens is 220 g/mol. The molecule has 1 fully saturated rings. The van der Waals surface area contributed by atoms with Crippen LogP contribution in [0.1, 0.15) is 25.5 Å². The molecule has 1 heterocycles. The van der Waals surface area contributed by atoms with Crippen LogP contribution in [0.4, 0.5) is 5.82 Å². The van der Waals surface area contributed by atoms with Crippen molar-refractivity contribution in [3.05, 3.63) is 18.1 Å². The van der Waals surface area contributed by atoms with Gasteiger partial charge in [-0.3, -0.25) is 0 Å². The van der Waals surface area contributed by atoms with E-state index in [0.29, 0.717) is 17.4 Å². The third-order valence-corrected chi connectivity index (χ3v) is 3.14. The average Bonchev–Trinajstić information content (AvgIpc) is 3.10. The highest BCUT2D eigenvalue weighted by Crippen LogP contribution is 2.36. The van der Waals surface area contributed by atoms with Gasteiger partial charge in [0, 0.05) is 18.9 Å². The van der Waals surface area contributed by atoms with E-state index in [2.05, 4.69) is 22.2 Å². The molecule has 1 saturated carbocycles. The summed E-state index contributed by atoms with van der Waals surface area (Å²) in [6.07, 6.45) is 5.95. The number of hydrogen-bond donors (Lipinski definition) is 2. The van der Waals surface area contributed by atoms with Crippen LogP contribution in [0.5, 0.6) is 0 Å². The van der Waals surface area contributed by atoms with Gasteiger partial charge in [-0.25, -0.2) is 9.97 Å². The first-order chi connectivity index (χ1) is 7.68. The third-order valence-electron chi connectivity index (χ3n) is 2.95. The van der Waals surface area contributed by atoms with E-state index in [1.54, 1.807) is 12.4 Å². The summed E-state index contributed by atoms with van der Waals surface area (Å²) >= 11 is 4.93. The van der Waals surface area contributed by atoms with E-state index in [0.717, 1.165) is 12.5 Å². The van der Waals surface area contributed by atoms with Crippen LogP contribution in [0, 0.1) is 11.8 Å². The van der Waals surface area contributed by atoms with Crippen molar-refractivity contribution in [2.45, 2.75) is 19.8 Å². The highest BCUT2D eigenvalue weighted by molar-refractivity contribution is 7.80. The summed E-state index contributed by atoms with van der Waals surface area (Å²) < 4.78 is 0. The fourth-order valence-electron chi connectivity index (χ4n) is 1.74. The van der Waals surface area contributed by atoms with Gasteiger partial charge in [0.15, 0.2) is 5.82 Å². The molecule has 1 aromatic heterocycles. The summed E-state index contributed by atoms with van der Waals surface area (Å²) in [5, 5.41) is 3.27. The van der Waals surface area contributed by atoms with Crippen molar-refractivity contribution in [3.8, 4) is 0 Å². The smallest absolute Gasteiger partial charge is 0.155 e. The van der Waals surface area contributed by atoms with Gasteiger partial charge in [-0.15, -0.1) is 0 Å². The first-order valence-electron chi connectivity index (χ1n) is 5.53. The second kappa shape index (κ2) is 4.74. The van der Waals surface area contributed by atoms with E-state index in [4.69, 9.17) is 18.0 Å². The number of nitrogens with one attached hydrogen (secondary N) is 1. The maximum absolute atomic E-state index is 5.58. The van der Waals surface area contributed by atoms with Gasteiger partial charge in [0.05, 0.1) is 0 Å². The van der Waals surface area contributed by atoms with E-state index in [1.165, 1.54) is 12.8 Å². The number of thiocarbonyl (C=S) groups is 1. The Kier molecular flexibility index (Phi) is 3.33. The summed E-state index contributed by atoms with van der Waals surface area (Å²) in [7, 11) is 0. The number of aromatic nitrogens is 2. The van der Waals surface area contributed by atoms with Gasteiger partial charge in [-0.1, -0.05) is 19.1 Å². The molecule has 0 saturated heterocycles. The van der Waals surface area contributed by atoms with Gasteiger partial charge in [0.1, 0.15) is 10.7 Å². The van der Waals surface area contributed by atoms with Gasteiger partial charge in [-0.05, 0) is 24.7 Å². The standard InChI is InChI=1S/C11H16N4S/c1-7(8-2-3-8)6-15-11-9(10(12)16)13-4-5-14-11/h4-5,7-8H,2-3,6H2,1H3,(H2,12,16)(H,14,15). The average molecular weight is 236 g/mol. The first kappa shape index (κ1) is 11.3. The molecule has 1 unspecified atom stereocenters. The van der Waals surface area contributed by atoms with Crippen LogP contribution in [-0.4, -0.2) is 21.5 Å². The molecule has 3 N–H and O–H groups in total. The molecule has 1 aromatic rings. The molecular formula is C11H16N4S. The Morgan fingerprint density at radius 3 is 2.88 bits per heavy atom. The Morgan fingerprint density at radius 1 is 1.56 bits per heavy atom. The molecule has 1 aliphatic rings. The molecule has 0 aromatic carbocycles. The molecule has 5 heteroatoms. The van der Waals surface area contributed by atoms with Crippen LogP contribution >= 0.6 is 12.2 Å². The van der Waals surface area contributed by atoms with Gasteiger partial charge >= 0.3 is 0 Å². The number of rotatable bonds is 5. The predicted molar refractivity (Wildman–Crippen MR) is 68.3 cm³/mol. The predicted octanol–water partition coefficient (Wildman–Crippen LogP) is 1.57. The maximum atomic E-state index is 5.58. The lowest BCUT2D eigenvalue weighted by molar-refractivity contribution is 0.536. The summed E-state index contributed by atoms with van der Waals surface area (Å²) in [4.78, 5) is 8.62. The van der Waals surface area contributed by atoms with E-state index in [1.807, 2.05) is 0 Å². The van der Waals surface area contributed by atoms with E-state index < -0.39 is 0 Å². The summed E-state index contributed by atoms with van der Waals surface area (Å²) in [6, 6.07) is 0. The van der Waals surface area contributed by atoms with Crippen molar-refractivity contribution < 1.29 is 0 Å². The molecule has 1 atom stereocenters. The normalized spacial score (nSPS) is 16.8. The van der Waals surface area contributed by atoms with Crippen LogP contribution in [0.2, 0.25) is 0 Å². The van der Waals surface area contributed by atoms with Crippen molar-refractivity contribution in [2.24, 2.45) is 17.6 Å². The second-order valence-corrected chi connectivity index (χ2v) is 4.75. The van der Waals surface area contributed by atoms with E-state index in [-0.39, 0.29) is 4.99 Å². The lowest BCUT2D eigenvalue weighted by Crippen LogP contribution is -2.19. The zero-order chi connectivity index (χ0) is 11.5. The van der Waals surface area contributed by atoms with Crippen LogP contribution in [0.15, 0.2) is 12.4 Å². The van der Waals surface area contributed by atoms with Crippen LogP contribution < -0.4 is 11.1 Å². The number of anilines is 1. The summed E-state index contributed by atoms with van der Waals surface area (Å²) in [5.74, 6) is 2.24. The zero-order valence-electron chi connectivity index (χ0n) is 9.31. The van der Waals surface area contributed by atoms with Crippen molar-refractivity contribution in [3.63, 3.8) is 0 Å². The van der Waals surface area contributed by atoms with Crippen LogP contribution in [0.25, 0.3) is 0 Å². The Labute approximate surface area is 101 Å². The molecule has 16 heavy (non-hydrogen) atoms. The Hall–Kier alpha value is -1.23. The fourth-order valence-corrected chi connectivity index (χ4v) is 1.89. The monoisotopic (exact) mass is 236 g/mol. The van der Waals surface area contributed by atoms with Crippen LogP contribution in [-0.2, 0) is 0 Å². The minimum absolute atomic E-state index is 0.287. The minimum atomic E-state index is 0.287. The van der Waals surface area contributed by atoms with Crippen molar-refractivity contribution >= 4 is 23.0 Å². The molecule has 0 amide bonds. The zero-order valence-corrected chi connectivity index (χ0v) is 10.1. The van der Waals surface area contributed by atoms with E-state index >= 15 is 0 Å². The molecule has 4 nitrogen and oxygen atoms in total. The Morgan fingerprint density at radius 2 is 2.25 bits per heavy atom. The van der Waals surface area contributed by atoms with E-state index in [9.17, 15) is 0 Å². The number of hydrogen-bond acceptors (Lipinski definition) is 4. The lowest BCUT2D eigenvalue weighted by atomic mass is 10.1. The molecule has 2 rings (SSSR count). The summed E-state index contributed by atoms with van der Waals surface area (Å²) in [5.41, 5.74) is 6.17. The Bertz CT molecular complexity index is 389. The van der Waals surface area contributed by atoms with Crippen LogP contribution in [0.3, 0.4) is 0 Å². The first-order valence-corrected chi connectivity index (χ1v) is 5.94. The SMILES string of the molecule is CC(CNc1nccnc1C(N)=S)C1CC1. The maximum Gasteiger partial charge on any atom is 0.155 e. The van der Waals surface area contributed by atoms with Gasteiger partial charge in [0.2, 0.25) is 0 Å². The van der Waals surface area contributed by atoms with Crippen molar-refractivity contribution in [1.82, 2.24) is 9.97 Å². The molecule has 0 radical (unpaired) electrons. The minimum Gasteiger partial charge on any atom is -0.388 e. The lowest BCUT2D eigenvalue weighted by Gasteiger charge is -2.13. The Balaban J connectivity index is 1.99. The highest BCUT2D eigenvalue weighted by atomic mass is 32.1. The quantitative estimate of drug-likeness (QED) is 0.760. The number of nitrogens with zero attached hydrogens (tertiary/aromatic N) is 2.